The van der Waals surface area contributed by atoms with Gasteiger partial charge in [-0.2, -0.15) is 4.31 Å². The predicted octanol–water partition coefficient (Wildman–Crippen LogP) is 1.73. The molecule has 100 valence electrons. The molecule has 7 heteroatoms. The number of sulfonamides is 1. The van der Waals surface area contributed by atoms with Crippen LogP contribution in [0.4, 0.5) is 4.39 Å². The summed E-state index contributed by atoms with van der Waals surface area (Å²) in [4.78, 5) is -0.342. The number of aliphatic hydroxyl groups is 1. The SMILES string of the molecule is O=S(=O)(c1ccc(Br)cc1F)N(CCO)C1CC1. The number of aliphatic hydroxyl groups excluding tert-OH is 1. The van der Waals surface area contributed by atoms with Crippen molar-refractivity contribution in [2.45, 2.75) is 23.8 Å². The molecule has 2 rings (SSSR count). The van der Waals surface area contributed by atoms with Crippen molar-refractivity contribution in [2.75, 3.05) is 13.2 Å². The van der Waals surface area contributed by atoms with E-state index in [1.807, 2.05) is 0 Å². The molecule has 0 radical (unpaired) electrons. The maximum absolute atomic E-state index is 13.7. The first kappa shape index (κ1) is 13.9. The van der Waals surface area contributed by atoms with Gasteiger partial charge in [0, 0.05) is 17.1 Å². The lowest BCUT2D eigenvalue weighted by Gasteiger charge is -2.21. The third-order valence-electron chi connectivity index (χ3n) is 2.76. The molecule has 1 fully saturated rings. The molecule has 0 unspecified atom stereocenters. The van der Waals surface area contributed by atoms with Gasteiger partial charge >= 0.3 is 0 Å². The maximum Gasteiger partial charge on any atom is 0.246 e. The molecule has 0 atom stereocenters. The minimum Gasteiger partial charge on any atom is -0.395 e. The van der Waals surface area contributed by atoms with Crippen molar-refractivity contribution in [1.82, 2.24) is 4.31 Å². The maximum atomic E-state index is 13.7. The van der Waals surface area contributed by atoms with Crippen molar-refractivity contribution in [3.63, 3.8) is 0 Å². The zero-order valence-electron chi connectivity index (χ0n) is 9.51. The molecule has 1 aromatic carbocycles. The minimum atomic E-state index is -3.87. The van der Waals surface area contributed by atoms with Gasteiger partial charge in [0.1, 0.15) is 10.7 Å². The van der Waals surface area contributed by atoms with Crippen LogP contribution in [0, 0.1) is 5.82 Å². The standard InChI is InChI=1S/C11H13BrFNO3S/c12-8-1-4-11(10(13)7-8)18(16,17)14(5-6-15)9-2-3-9/h1,4,7,9,15H,2-3,5-6H2. The van der Waals surface area contributed by atoms with Crippen LogP contribution in [0.15, 0.2) is 27.6 Å². The summed E-state index contributed by atoms with van der Waals surface area (Å²) >= 11 is 3.08. The van der Waals surface area contributed by atoms with Crippen LogP contribution in [0.5, 0.6) is 0 Å². The number of nitrogens with zero attached hydrogens (tertiary/aromatic N) is 1. The fourth-order valence-electron chi connectivity index (χ4n) is 1.77. The Morgan fingerprint density at radius 1 is 1.44 bits per heavy atom. The molecule has 1 aliphatic carbocycles. The summed E-state index contributed by atoms with van der Waals surface area (Å²) in [7, 11) is -3.87. The van der Waals surface area contributed by atoms with Crippen LogP contribution in [0.3, 0.4) is 0 Å². The molecular formula is C11H13BrFNO3S. The van der Waals surface area contributed by atoms with Crippen molar-refractivity contribution in [1.29, 1.82) is 0 Å². The predicted molar refractivity (Wildman–Crippen MR) is 68.1 cm³/mol. The van der Waals surface area contributed by atoms with Crippen LogP contribution in [-0.2, 0) is 10.0 Å². The molecule has 1 aliphatic rings. The second-order valence-electron chi connectivity index (χ2n) is 4.15. The first-order valence-corrected chi connectivity index (χ1v) is 7.78. The van der Waals surface area contributed by atoms with Crippen molar-refractivity contribution < 1.29 is 17.9 Å². The highest BCUT2D eigenvalue weighted by Crippen LogP contribution is 2.32. The van der Waals surface area contributed by atoms with Gasteiger partial charge in [-0.05, 0) is 31.0 Å². The lowest BCUT2D eigenvalue weighted by Crippen LogP contribution is -2.35. The second-order valence-corrected chi connectivity index (χ2v) is 6.92. The quantitative estimate of drug-likeness (QED) is 0.890. The first-order valence-electron chi connectivity index (χ1n) is 5.54. The van der Waals surface area contributed by atoms with E-state index in [4.69, 9.17) is 5.11 Å². The fraction of sp³-hybridized carbons (Fsp3) is 0.455. The molecule has 1 aromatic rings. The van der Waals surface area contributed by atoms with E-state index >= 15 is 0 Å². The molecule has 0 spiro atoms. The highest BCUT2D eigenvalue weighted by molar-refractivity contribution is 9.10. The number of benzene rings is 1. The summed E-state index contributed by atoms with van der Waals surface area (Å²) in [6, 6.07) is 3.74. The average molecular weight is 338 g/mol. The molecule has 1 N–H and O–H groups in total. The van der Waals surface area contributed by atoms with Crippen LogP contribution in [0.1, 0.15) is 12.8 Å². The highest BCUT2D eigenvalue weighted by atomic mass is 79.9. The average Bonchev–Trinajstić information content (AvgIpc) is 3.08. The molecule has 4 nitrogen and oxygen atoms in total. The summed E-state index contributed by atoms with van der Waals surface area (Å²) in [5.74, 6) is -0.784. The molecule has 0 bridgehead atoms. The summed E-state index contributed by atoms with van der Waals surface area (Å²) in [6.45, 7) is -0.267. The Bertz CT molecular complexity index is 545. The van der Waals surface area contributed by atoms with Gasteiger partial charge in [0.15, 0.2) is 0 Å². The van der Waals surface area contributed by atoms with E-state index in [9.17, 15) is 12.8 Å². The van der Waals surface area contributed by atoms with Crippen molar-refractivity contribution in [3.05, 3.63) is 28.5 Å². The summed E-state index contributed by atoms with van der Waals surface area (Å²) in [5, 5.41) is 8.93. The van der Waals surface area contributed by atoms with Gasteiger partial charge in [0.25, 0.3) is 0 Å². The Hall–Kier alpha value is -0.500. The lowest BCUT2D eigenvalue weighted by atomic mass is 10.3. The van der Waals surface area contributed by atoms with Crippen molar-refractivity contribution >= 4 is 26.0 Å². The van der Waals surface area contributed by atoms with E-state index in [2.05, 4.69) is 15.9 Å². The molecule has 0 amide bonds. The first-order chi connectivity index (χ1) is 8.46. The molecule has 0 heterocycles. The van der Waals surface area contributed by atoms with Gasteiger partial charge in [0.2, 0.25) is 10.0 Å². The fourth-order valence-corrected chi connectivity index (χ4v) is 3.83. The van der Waals surface area contributed by atoms with Gasteiger partial charge in [-0.1, -0.05) is 15.9 Å². The Morgan fingerprint density at radius 2 is 2.11 bits per heavy atom. The third kappa shape index (κ3) is 2.74. The van der Waals surface area contributed by atoms with Gasteiger partial charge < -0.3 is 5.11 Å². The normalized spacial score (nSPS) is 16.2. The largest absolute Gasteiger partial charge is 0.395 e. The molecule has 0 aromatic heterocycles. The van der Waals surface area contributed by atoms with Gasteiger partial charge in [-0.25, -0.2) is 12.8 Å². The van der Waals surface area contributed by atoms with Crippen LogP contribution >= 0.6 is 15.9 Å². The van der Waals surface area contributed by atoms with Crippen LogP contribution < -0.4 is 0 Å². The Balaban J connectivity index is 2.39. The Kier molecular flexibility index (Phi) is 4.05. The summed E-state index contributed by atoms with van der Waals surface area (Å²) < 4.78 is 40.0. The molecule has 18 heavy (non-hydrogen) atoms. The monoisotopic (exact) mass is 337 g/mol. The number of rotatable bonds is 5. The molecule has 1 saturated carbocycles. The van der Waals surface area contributed by atoms with E-state index < -0.39 is 15.8 Å². The molecular weight excluding hydrogens is 325 g/mol. The zero-order valence-corrected chi connectivity index (χ0v) is 11.9. The minimum absolute atomic E-state index is 0.00248. The van der Waals surface area contributed by atoms with Crippen molar-refractivity contribution in [2.24, 2.45) is 0 Å². The third-order valence-corrected chi connectivity index (χ3v) is 5.23. The number of halogens is 2. The Labute approximate surface area is 114 Å². The number of hydrogen-bond acceptors (Lipinski definition) is 3. The van der Waals surface area contributed by atoms with E-state index in [0.29, 0.717) is 4.47 Å². The number of hydrogen-bond donors (Lipinski definition) is 1. The van der Waals surface area contributed by atoms with Gasteiger partial charge in [0.05, 0.1) is 6.61 Å². The zero-order chi connectivity index (χ0) is 13.3. The van der Waals surface area contributed by atoms with Crippen LogP contribution in [0.25, 0.3) is 0 Å². The summed E-state index contributed by atoms with van der Waals surface area (Å²) in [5.41, 5.74) is 0. The lowest BCUT2D eigenvalue weighted by molar-refractivity contribution is 0.250. The molecule has 0 saturated heterocycles. The van der Waals surface area contributed by atoms with E-state index in [-0.39, 0.29) is 24.1 Å². The van der Waals surface area contributed by atoms with Crippen molar-refractivity contribution in [3.8, 4) is 0 Å². The second kappa shape index (κ2) is 5.24. The Morgan fingerprint density at radius 3 is 2.61 bits per heavy atom. The summed E-state index contributed by atoms with van der Waals surface area (Å²) in [6.07, 6.45) is 1.52. The van der Waals surface area contributed by atoms with E-state index in [0.717, 1.165) is 18.9 Å². The molecule has 0 aliphatic heterocycles. The van der Waals surface area contributed by atoms with Gasteiger partial charge in [-0.15, -0.1) is 0 Å². The van der Waals surface area contributed by atoms with E-state index in [1.54, 1.807) is 0 Å². The topological polar surface area (TPSA) is 57.6 Å². The van der Waals surface area contributed by atoms with Crippen LogP contribution in [0.2, 0.25) is 0 Å². The van der Waals surface area contributed by atoms with E-state index in [1.165, 1.54) is 16.4 Å². The highest BCUT2D eigenvalue weighted by Gasteiger charge is 2.38. The van der Waals surface area contributed by atoms with Gasteiger partial charge in [-0.3, -0.25) is 0 Å². The smallest absolute Gasteiger partial charge is 0.246 e. The van der Waals surface area contributed by atoms with Crippen LogP contribution in [-0.4, -0.2) is 37.0 Å².